The van der Waals surface area contributed by atoms with Crippen molar-refractivity contribution in [2.24, 2.45) is 0 Å². The van der Waals surface area contributed by atoms with Gasteiger partial charge >= 0.3 is 0 Å². The Balaban J connectivity index is 2.69. The van der Waals surface area contributed by atoms with E-state index >= 15 is 0 Å². The largest absolute Gasteiger partial charge is 0.497 e. The van der Waals surface area contributed by atoms with Crippen LogP contribution in [0.15, 0.2) is 24.5 Å². The fourth-order valence-electron chi connectivity index (χ4n) is 1.06. The molecule has 2 aromatic heterocycles. The van der Waals surface area contributed by atoms with Gasteiger partial charge in [-0.05, 0) is 6.07 Å². The first-order valence-electron chi connectivity index (χ1n) is 3.48. The Hall–Kier alpha value is -1.22. The fraction of sp³-hybridized carbons (Fsp3) is 0.125. The molecule has 12 heavy (non-hydrogen) atoms. The predicted molar refractivity (Wildman–Crippen MR) is 46.8 cm³/mol. The van der Waals surface area contributed by atoms with Crippen molar-refractivity contribution in [2.75, 3.05) is 7.11 Å². The first-order chi connectivity index (χ1) is 5.81. The summed E-state index contributed by atoms with van der Waals surface area (Å²) in [6.07, 6.45) is 3.43. The third-order valence-electron chi connectivity index (χ3n) is 1.68. The highest BCUT2D eigenvalue weighted by molar-refractivity contribution is 6.29. The van der Waals surface area contributed by atoms with Gasteiger partial charge in [0.2, 0.25) is 0 Å². The Labute approximate surface area is 74.6 Å². The molecule has 0 aromatic carbocycles. The van der Waals surface area contributed by atoms with Crippen LogP contribution in [-0.4, -0.2) is 16.5 Å². The third kappa shape index (κ3) is 1.02. The maximum absolute atomic E-state index is 5.83. The van der Waals surface area contributed by atoms with Gasteiger partial charge in [-0.25, -0.2) is 4.98 Å². The summed E-state index contributed by atoms with van der Waals surface area (Å²) in [6, 6.07) is 3.66. The number of rotatable bonds is 1. The fourth-order valence-corrected chi connectivity index (χ4v) is 1.25. The number of imidazole rings is 1. The van der Waals surface area contributed by atoms with Gasteiger partial charge in [-0.2, -0.15) is 0 Å². The number of pyridine rings is 1. The van der Waals surface area contributed by atoms with Gasteiger partial charge in [-0.3, -0.25) is 4.40 Å². The van der Waals surface area contributed by atoms with Crippen molar-refractivity contribution in [3.05, 3.63) is 29.7 Å². The number of ether oxygens (including phenoxy) is 1. The molecular formula is C8H7ClN2O. The molecule has 0 unspecified atom stereocenters. The van der Waals surface area contributed by atoms with Crippen LogP contribution in [0.25, 0.3) is 5.65 Å². The summed E-state index contributed by atoms with van der Waals surface area (Å²) in [6.45, 7) is 0. The Morgan fingerprint density at radius 1 is 1.58 bits per heavy atom. The van der Waals surface area contributed by atoms with Crippen molar-refractivity contribution < 1.29 is 4.74 Å². The second kappa shape index (κ2) is 2.68. The molecule has 2 heterocycles. The number of aromatic nitrogens is 2. The summed E-state index contributed by atoms with van der Waals surface area (Å²) in [5.41, 5.74) is 0.791. The van der Waals surface area contributed by atoms with Gasteiger partial charge in [-0.15, -0.1) is 0 Å². The maximum Gasteiger partial charge on any atom is 0.141 e. The van der Waals surface area contributed by atoms with Gasteiger partial charge in [0.1, 0.15) is 16.5 Å². The molecule has 4 heteroatoms. The van der Waals surface area contributed by atoms with Crippen molar-refractivity contribution in [1.29, 1.82) is 0 Å². The molecule has 0 saturated heterocycles. The van der Waals surface area contributed by atoms with E-state index in [1.807, 2.05) is 18.3 Å². The molecule has 0 amide bonds. The van der Waals surface area contributed by atoms with Crippen LogP contribution in [0.1, 0.15) is 0 Å². The van der Waals surface area contributed by atoms with Gasteiger partial charge in [0.25, 0.3) is 0 Å². The van der Waals surface area contributed by atoms with Gasteiger partial charge in [-0.1, -0.05) is 11.6 Å². The average Bonchev–Trinajstić information content (AvgIpc) is 2.47. The minimum absolute atomic E-state index is 0.604. The maximum atomic E-state index is 5.83. The molecule has 0 atom stereocenters. The van der Waals surface area contributed by atoms with E-state index in [-0.39, 0.29) is 0 Å². The molecule has 0 N–H and O–H groups in total. The predicted octanol–water partition coefficient (Wildman–Crippen LogP) is 2.00. The van der Waals surface area contributed by atoms with Crippen molar-refractivity contribution in [2.45, 2.75) is 0 Å². The quantitative estimate of drug-likeness (QED) is 0.675. The summed E-state index contributed by atoms with van der Waals surface area (Å²) in [5.74, 6) is 0.782. The Morgan fingerprint density at radius 2 is 2.42 bits per heavy atom. The number of fused-ring (bicyclic) bond motifs is 1. The third-order valence-corrected chi connectivity index (χ3v) is 1.95. The van der Waals surface area contributed by atoms with Crippen LogP contribution in [0, 0.1) is 0 Å². The molecule has 0 bridgehead atoms. The highest BCUT2D eigenvalue weighted by Gasteiger charge is 2.00. The number of halogens is 1. The zero-order valence-corrected chi connectivity index (χ0v) is 7.25. The minimum atomic E-state index is 0.604. The molecule has 3 nitrogen and oxygen atoms in total. The standard InChI is InChI=1S/C8H7ClN2O/c1-12-6-2-3-11-7(9)5-10-8(11)4-6/h2-5H,1H3. The monoisotopic (exact) mass is 182 g/mol. The van der Waals surface area contributed by atoms with Crippen LogP contribution in [-0.2, 0) is 0 Å². The zero-order chi connectivity index (χ0) is 8.55. The lowest BCUT2D eigenvalue weighted by Crippen LogP contribution is -1.87. The summed E-state index contributed by atoms with van der Waals surface area (Å²) in [4.78, 5) is 4.08. The molecular weight excluding hydrogens is 176 g/mol. The topological polar surface area (TPSA) is 26.5 Å². The Kier molecular flexibility index (Phi) is 1.66. The van der Waals surface area contributed by atoms with Crippen LogP contribution >= 0.6 is 11.6 Å². The van der Waals surface area contributed by atoms with E-state index in [1.165, 1.54) is 0 Å². The van der Waals surface area contributed by atoms with E-state index in [2.05, 4.69) is 4.98 Å². The first-order valence-corrected chi connectivity index (χ1v) is 3.85. The minimum Gasteiger partial charge on any atom is -0.497 e. The van der Waals surface area contributed by atoms with E-state index in [9.17, 15) is 0 Å². The highest BCUT2D eigenvalue weighted by atomic mass is 35.5. The van der Waals surface area contributed by atoms with Crippen LogP contribution in [0.4, 0.5) is 0 Å². The summed E-state index contributed by atoms with van der Waals surface area (Å²) in [5, 5.41) is 0.604. The number of hydrogen-bond acceptors (Lipinski definition) is 2. The van der Waals surface area contributed by atoms with E-state index in [0.717, 1.165) is 11.4 Å². The molecule has 0 fully saturated rings. The number of nitrogens with zero attached hydrogens (tertiary/aromatic N) is 2. The van der Waals surface area contributed by atoms with E-state index in [1.54, 1.807) is 17.7 Å². The molecule has 0 spiro atoms. The zero-order valence-electron chi connectivity index (χ0n) is 6.49. The molecule has 62 valence electrons. The molecule has 0 aliphatic heterocycles. The first kappa shape index (κ1) is 7.43. The van der Waals surface area contributed by atoms with Gasteiger partial charge in [0.15, 0.2) is 0 Å². The lowest BCUT2D eigenvalue weighted by molar-refractivity contribution is 0.414. The van der Waals surface area contributed by atoms with Gasteiger partial charge in [0, 0.05) is 12.3 Å². The normalized spacial score (nSPS) is 10.5. The number of methoxy groups -OCH3 is 1. The summed E-state index contributed by atoms with van der Waals surface area (Å²) >= 11 is 5.83. The average molecular weight is 183 g/mol. The highest BCUT2D eigenvalue weighted by Crippen LogP contribution is 2.16. The lowest BCUT2D eigenvalue weighted by atomic mass is 10.4. The van der Waals surface area contributed by atoms with Crippen LogP contribution in [0.2, 0.25) is 5.15 Å². The molecule has 0 aliphatic carbocycles. The molecule has 2 aromatic rings. The number of hydrogen-bond donors (Lipinski definition) is 0. The van der Waals surface area contributed by atoms with Crippen molar-refractivity contribution in [3.63, 3.8) is 0 Å². The summed E-state index contributed by atoms with van der Waals surface area (Å²) in [7, 11) is 1.62. The smallest absolute Gasteiger partial charge is 0.141 e. The lowest BCUT2D eigenvalue weighted by Gasteiger charge is -1.99. The van der Waals surface area contributed by atoms with E-state index in [0.29, 0.717) is 5.15 Å². The second-order valence-electron chi connectivity index (χ2n) is 2.38. The second-order valence-corrected chi connectivity index (χ2v) is 2.76. The molecule has 2 rings (SSSR count). The molecule has 0 radical (unpaired) electrons. The van der Waals surface area contributed by atoms with E-state index in [4.69, 9.17) is 16.3 Å². The molecule has 0 saturated carbocycles. The van der Waals surface area contributed by atoms with Crippen LogP contribution in [0.3, 0.4) is 0 Å². The SMILES string of the molecule is COc1ccn2c(Cl)cnc2c1. The van der Waals surface area contributed by atoms with Crippen LogP contribution < -0.4 is 4.74 Å². The van der Waals surface area contributed by atoms with Crippen molar-refractivity contribution >= 4 is 17.2 Å². The van der Waals surface area contributed by atoms with Crippen molar-refractivity contribution in [1.82, 2.24) is 9.38 Å². The Morgan fingerprint density at radius 3 is 3.17 bits per heavy atom. The van der Waals surface area contributed by atoms with Gasteiger partial charge < -0.3 is 4.74 Å². The van der Waals surface area contributed by atoms with Crippen molar-refractivity contribution in [3.8, 4) is 5.75 Å². The molecule has 0 aliphatic rings. The van der Waals surface area contributed by atoms with E-state index < -0.39 is 0 Å². The Bertz CT molecular complexity index is 410. The van der Waals surface area contributed by atoms with Gasteiger partial charge in [0.05, 0.1) is 13.3 Å². The summed E-state index contributed by atoms with van der Waals surface area (Å²) < 4.78 is 6.82. The van der Waals surface area contributed by atoms with Crippen LogP contribution in [0.5, 0.6) is 5.75 Å².